The first kappa shape index (κ1) is 8.16. The molecule has 3 heterocycles. The van der Waals surface area contributed by atoms with Crippen LogP contribution >= 0.6 is 0 Å². The first-order valence-electron chi connectivity index (χ1n) is 4.60. The zero-order valence-electron chi connectivity index (χ0n) is 7.98. The summed E-state index contributed by atoms with van der Waals surface area (Å²) in [6.07, 6.45) is 2.42. The molecule has 0 radical (unpaired) electrons. The predicted octanol–water partition coefficient (Wildman–Crippen LogP) is -0.144. The number of aromatic amines is 2. The second kappa shape index (κ2) is 2.66. The molecule has 0 fully saturated rings. The van der Waals surface area contributed by atoms with Crippen LogP contribution in [0.1, 0.15) is 12.7 Å². The monoisotopic (exact) mass is 204 g/mol. The summed E-state index contributed by atoms with van der Waals surface area (Å²) in [7, 11) is 0. The molecule has 0 aromatic carbocycles. The largest absolute Gasteiger partial charge is 0.340 e. The summed E-state index contributed by atoms with van der Waals surface area (Å²) in [4.78, 5) is 26.1. The minimum absolute atomic E-state index is 0.293. The predicted molar refractivity (Wildman–Crippen MR) is 52.6 cm³/mol. The Balaban J connectivity index is 2.44. The van der Waals surface area contributed by atoms with Gasteiger partial charge in [0, 0.05) is 6.42 Å². The Kier molecular flexibility index (Phi) is 1.44. The van der Waals surface area contributed by atoms with E-state index in [9.17, 15) is 4.79 Å². The molecular formula is C8H8N6O. The lowest BCUT2D eigenvalue weighted by molar-refractivity contribution is 0.938. The van der Waals surface area contributed by atoms with Gasteiger partial charge in [-0.3, -0.25) is 4.98 Å². The highest BCUT2D eigenvalue weighted by Gasteiger charge is 2.08. The Hall–Kier alpha value is -2.18. The smallest absolute Gasteiger partial charge is 0.275 e. The van der Waals surface area contributed by atoms with Crippen molar-refractivity contribution >= 4 is 16.9 Å². The standard InChI is InChI=1S/C8H8N6O/c1-2-5-9-3-4-6(10-5)11-7-12-8(15)13-14(4)7/h3H,2H2,1H3,(H2,9,10,11,12,13,15). The van der Waals surface area contributed by atoms with Crippen LogP contribution in [-0.4, -0.2) is 29.5 Å². The van der Waals surface area contributed by atoms with Gasteiger partial charge >= 0.3 is 5.69 Å². The van der Waals surface area contributed by atoms with Crippen molar-refractivity contribution in [2.24, 2.45) is 0 Å². The molecule has 0 saturated carbocycles. The van der Waals surface area contributed by atoms with E-state index >= 15 is 0 Å². The van der Waals surface area contributed by atoms with Crippen molar-refractivity contribution in [3.63, 3.8) is 0 Å². The average molecular weight is 204 g/mol. The van der Waals surface area contributed by atoms with Crippen LogP contribution < -0.4 is 5.69 Å². The molecule has 3 rings (SSSR count). The molecule has 2 N–H and O–H groups in total. The van der Waals surface area contributed by atoms with Crippen LogP contribution in [0.5, 0.6) is 0 Å². The first-order valence-corrected chi connectivity index (χ1v) is 4.60. The molecule has 0 unspecified atom stereocenters. The number of aromatic nitrogens is 6. The van der Waals surface area contributed by atoms with Gasteiger partial charge in [0.1, 0.15) is 11.3 Å². The van der Waals surface area contributed by atoms with Gasteiger partial charge in [-0.25, -0.2) is 24.4 Å². The number of aryl methyl sites for hydroxylation is 1. The molecule has 76 valence electrons. The lowest BCUT2D eigenvalue weighted by Gasteiger charge is -1.92. The van der Waals surface area contributed by atoms with Crippen LogP contribution in [0.4, 0.5) is 0 Å². The molecule has 0 aliphatic heterocycles. The molecule has 0 spiro atoms. The van der Waals surface area contributed by atoms with Crippen LogP contribution in [0.25, 0.3) is 16.9 Å². The van der Waals surface area contributed by atoms with E-state index in [-0.39, 0.29) is 5.69 Å². The van der Waals surface area contributed by atoms with Crippen LogP contribution in [0, 0.1) is 0 Å². The van der Waals surface area contributed by atoms with Crippen molar-refractivity contribution in [2.45, 2.75) is 13.3 Å². The highest BCUT2D eigenvalue weighted by molar-refractivity contribution is 5.73. The maximum absolute atomic E-state index is 11.0. The summed E-state index contributed by atoms with van der Waals surface area (Å²) in [5.41, 5.74) is 0.990. The summed E-state index contributed by atoms with van der Waals surface area (Å²) in [6.45, 7) is 1.98. The molecule has 0 amide bonds. The molecular weight excluding hydrogens is 196 g/mol. The zero-order valence-corrected chi connectivity index (χ0v) is 7.98. The third kappa shape index (κ3) is 1.06. The van der Waals surface area contributed by atoms with Gasteiger partial charge in [0.2, 0.25) is 5.78 Å². The van der Waals surface area contributed by atoms with E-state index in [0.717, 1.165) is 12.2 Å². The number of fused-ring (bicyclic) bond motifs is 3. The van der Waals surface area contributed by atoms with E-state index < -0.39 is 0 Å². The van der Waals surface area contributed by atoms with Crippen LogP contribution in [-0.2, 0) is 6.42 Å². The van der Waals surface area contributed by atoms with E-state index in [0.29, 0.717) is 16.9 Å². The molecule has 7 heteroatoms. The number of hydrogen-bond acceptors (Lipinski definition) is 4. The quantitative estimate of drug-likeness (QED) is 0.577. The molecule has 0 aliphatic carbocycles. The Bertz CT molecular complexity index is 690. The second-order valence-corrected chi connectivity index (χ2v) is 3.19. The number of nitrogens with zero attached hydrogens (tertiary/aromatic N) is 4. The van der Waals surface area contributed by atoms with Gasteiger partial charge in [-0.2, -0.15) is 4.98 Å². The summed E-state index contributed by atoms with van der Waals surface area (Å²) in [5.74, 6) is 1.20. The number of nitrogens with one attached hydrogen (secondary N) is 2. The summed E-state index contributed by atoms with van der Waals surface area (Å²) >= 11 is 0. The maximum Gasteiger partial charge on any atom is 0.340 e. The van der Waals surface area contributed by atoms with E-state index in [4.69, 9.17) is 0 Å². The van der Waals surface area contributed by atoms with Crippen molar-refractivity contribution in [2.75, 3.05) is 0 Å². The second-order valence-electron chi connectivity index (χ2n) is 3.19. The third-order valence-electron chi connectivity index (χ3n) is 2.22. The van der Waals surface area contributed by atoms with Crippen molar-refractivity contribution in [1.82, 2.24) is 29.5 Å². The number of imidazole rings is 1. The highest BCUT2D eigenvalue weighted by atomic mass is 16.1. The normalized spacial score (nSPS) is 11.5. The lowest BCUT2D eigenvalue weighted by Crippen LogP contribution is -2.03. The Morgan fingerprint density at radius 1 is 1.47 bits per heavy atom. The van der Waals surface area contributed by atoms with Crippen molar-refractivity contribution in [3.05, 3.63) is 22.5 Å². The minimum atomic E-state index is -0.293. The molecule has 15 heavy (non-hydrogen) atoms. The van der Waals surface area contributed by atoms with E-state index in [2.05, 4.69) is 25.0 Å². The fourth-order valence-electron chi connectivity index (χ4n) is 1.50. The molecule has 7 nitrogen and oxygen atoms in total. The molecule has 0 saturated heterocycles. The number of rotatable bonds is 1. The van der Waals surface area contributed by atoms with Gasteiger partial charge in [-0.15, -0.1) is 0 Å². The van der Waals surface area contributed by atoms with Crippen molar-refractivity contribution < 1.29 is 0 Å². The van der Waals surface area contributed by atoms with E-state index in [1.165, 1.54) is 4.52 Å². The highest BCUT2D eigenvalue weighted by Crippen LogP contribution is 2.09. The third-order valence-corrected chi connectivity index (χ3v) is 2.22. The average Bonchev–Trinajstić information content (AvgIpc) is 2.72. The number of H-pyrrole nitrogens is 2. The van der Waals surface area contributed by atoms with Crippen LogP contribution in [0.15, 0.2) is 11.0 Å². The molecule has 3 aromatic rings. The molecule has 0 bridgehead atoms. The Morgan fingerprint density at radius 3 is 3.13 bits per heavy atom. The Morgan fingerprint density at radius 2 is 2.33 bits per heavy atom. The minimum Gasteiger partial charge on any atom is -0.275 e. The SMILES string of the molecule is CCc1ncc2c(n1)nc1[nH]c(=O)[nH]n12. The van der Waals surface area contributed by atoms with Gasteiger partial charge in [0.15, 0.2) is 5.65 Å². The fraction of sp³-hybridized carbons (Fsp3) is 0.250. The van der Waals surface area contributed by atoms with Crippen LogP contribution in [0.3, 0.4) is 0 Å². The summed E-state index contributed by atoms with van der Waals surface area (Å²) in [6, 6.07) is 0. The summed E-state index contributed by atoms with van der Waals surface area (Å²) in [5, 5.41) is 2.58. The first-order chi connectivity index (χ1) is 7.28. The van der Waals surface area contributed by atoms with Gasteiger partial charge in [0.25, 0.3) is 0 Å². The van der Waals surface area contributed by atoms with Gasteiger partial charge < -0.3 is 0 Å². The lowest BCUT2D eigenvalue weighted by atomic mass is 10.4. The van der Waals surface area contributed by atoms with E-state index in [1.807, 2.05) is 6.92 Å². The summed E-state index contributed by atoms with van der Waals surface area (Å²) < 4.78 is 1.54. The van der Waals surface area contributed by atoms with Gasteiger partial charge in [-0.1, -0.05) is 6.92 Å². The molecule has 0 aliphatic rings. The van der Waals surface area contributed by atoms with Gasteiger partial charge in [-0.05, 0) is 0 Å². The van der Waals surface area contributed by atoms with Crippen LogP contribution in [0.2, 0.25) is 0 Å². The van der Waals surface area contributed by atoms with E-state index in [1.54, 1.807) is 6.20 Å². The van der Waals surface area contributed by atoms with Crippen molar-refractivity contribution in [3.8, 4) is 0 Å². The topological polar surface area (TPSA) is 91.7 Å². The Labute approximate surface area is 83.2 Å². The zero-order chi connectivity index (χ0) is 10.4. The number of hydrogen-bond donors (Lipinski definition) is 2. The van der Waals surface area contributed by atoms with Crippen molar-refractivity contribution in [1.29, 1.82) is 0 Å². The fourth-order valence-corrected chi connectivity index (χ4v) is 1.50. The molecule has 3 aromatic heterocycles. The maximum atomic E-state index is 11.0. The van der Waals surface area contributed by atoms with Gasteiger partial charge in [0.05, 0.1) is 6.20 Å². The molecule has 0 atom stereocenters.